The molecule has 8 heteroatoms. The van der Waals surface area contributed by atoms with E-state index in [4.69, 9.17) is 0 Å². The first-order valence-electron chi connectivity index (χ1n) is 5.88. The number of nitro benzene ring substituents is 2. The lowest BCUT2D eigenvalue weighted by molar-refractivity contribution is -0.385. The number of carbonyl (C=O) groups excluding carboxylic acids is 2. The molecule has 22 heavy (non-hydrogen) atoms. The van der Waals surface area contributed by atoms with Crippen molar-refractivity contribution in [2.45, 2.75) is 0 Å². The molecule has 0 N–H and O–H groups in total. The van der Waals surface area contributed by atoms with Gasteiger partial charge in [-0.15, -0.1) is 0 Å². The summed E-state index contributed by atoms with van der Waals surface area (Å²) in [4.78, 5) is 39.8. The summed E-state index contributed by atoms with van der Waals surface area (Å²) in [7, 11) is 0. The highest BCUT2D eigenvalue weighted by Crippen LogP contribution is 2.15. The Labute approximate surface area is 124 Å². The van der Waals surface area contributed by atoms with Crippen molar-refractivity contribution < 1.29 is 19.4 Å². The molecule has 0 saturated heterocycles. The Morgan fingerprint density at radius 2 is 1.00 bits per heavy atom. The lowest BCUT2D eigenvalue weighted by atomic mass is 10.2. The van der Waals surface area contributed by atoms with Crippen molar-refractivity contribution in [1.82, 2.24) is 0 Å². The number of aldehydes is 2. The standard InChI is InChI=1S/2C7H5NO3/c2*9-5-6-3-1-2-4-7(6)8(10)11/h2*1-5H. The SMILES string of the molecule is O=Cc1ccccc1[N+](=O)[O-].O=Cc1ccccc1[N+](=O)[O-]. The molecule has 2 rings (SSSR count). The van der Waals surface area contributed by atoms with Crippen molar-refractivity contribution in [3.05, 3.63) is 79.9 Å². The predicted molar refractivity (Wildman–Crippen MR) is 77.0 cm³/mol. The number of nitrogens with zero attached hydrogens (tertiary/aromatic N) is 2. The lowest BCUT2D eigenvalue weighted by Crippen LogP contribution is -1.92. The molecular formula is C14H10N2O6. The van der Waals surface area contributed by atoms with Crippen LogP contribution in [0.1, 0.15) is 20.7 Å². The van der Waals surface area contributed by atoms with Crippen molar-refractivity contribution in [2.75, 3.05) is 0 Å². The van der Waals surface area contributed by atoms with Crippen LogP contribution in [0, 0.1) is 20.2 Å². The Bertz CT molecular complexity index is 652. The second-order valence-corrected chi connectivity index (χ2v) is 3.87. The van der Waals surface area contributed by atoms with Gasteiger partial charge in [0.1, 0.15) is 0 Å². The van der Waals surface area contributed by atoms with E-state index in [2.05, 4.69) is 0 Å². The zero-order valence-electron chi connectivity index (χ0n) is 11.1. The van der Waals surface area contributed by atoms with Gasteiger partial charge in [-0.2, -0.15) is 0 Å². The summed E-state index contributed by atoms with van der Waals surface area (Å²) in [5.74, 6) is 0. The van der Waals surface area contributed by atoms with Crippen LogP contribution in [0.5, 0.6) is 0 Å². The largest absolute Gasteiger partial charge is 0.298 e. The predicted octanol–water partition coefficient (Wildman–Crippen LogP) is 2.81. The van der Waals surface area contributed by atoms with Gasteiger partial charge in [0.25, 0.3) is 11.4 Å². The van der Waals surface area contributed by atoms with Crippen LogP contribution in [0.15, 0.2) is 48.5 Å². The molecule has 0 aliphatic heterocycles. The highest BCUT2D eigenvalue weighted by atomic mass is 16.6. The Balaban J connectivity index is 0.000000220. The van der Waals surface area contributed by atoms with Gasteiger partial charge in [-0.05, 0) is 12.1 Å². The molecule has 0 aliphatic carbocycles. The van der Waals surface area contributed by atoms with Crippen LogP contribution in [-0.4, -0.2) is 22.4 Å². The van der Waals surface area contributed by atoms with Crippen LogP contribution < -0.4 is 0 Å². The Kier molecular flexibility index (Phi) is 6.05. The number of hydrogen-bond donors (Lipinski definition) is 0. The quantitative estimate of drug-likeness (QED) is 0.486. The second-order valence-electron chi connectivity index (χ2n) is 3.87. The van der Waals surface area contributed by atoms with E-state index < -0.39 is 9.85 Å². The van der Waals surface area contributed by atoms with Crippen molar-refractivity contribution in [1.29, 1.82) is 0 Å². The van der Waals surface area contributed by atoms with Crippen LogP contribution in [0.2, 0.25) is 0 Å². The maximum atomic E-state index is 10.2. The fourth-order valence-corrected chi connectivity index (χ4v) is 1.51. The molecule has 0 radical (unpaired) electrons. The summed E-state index contributed by atoms with van der Waals surface area (Å²) in [5, 5.41) is 20.5. The van der Waals surface area contributed by atoms with Gasteiger partial charge in [0.05, 0.1) is 21.0 Å². The third-order valence-corrected chi connectivity index (χ3v) is 2.52. The van der Waals surface area contributed by atoms with Crippen molar-refractivity contribution >= 4 is 23.9 Å². The molecule has 0 saturated carbocycles. The average molecular weight is 302 g/mol. The zero-order valence-corrected chi connectivity index (χ0v) is 11.1. The van der Waals surface area contributed by atoms with Crippen LogP contribution in [0.4, 0.5) is 11.4 Å². The first kappa shape index (κ1) is 16.6. The lowest BCUT2D eigenvalue weighted by Gasteiger charge is -1.91. The van der Waals surface area contributed by atoms with Gasteiger partial charge in [0.15, 0.2) is 12.6 Å². The van der Waals surface area contributed by atoms with E-state index in [1.54, 1.807) is 12.1 Å². The first-order chi connectivity index (χ1) is 10.5. The number of nitro groups is 2. The van der Waals surface area contributed by atoms with E-state index in [9.17, 15) is 29.8 Å². The summed E-state index contributed by atoms with van der Waals surface area (Å²) in [6.07, 6.45) is 0.941. The molecule has 0 aromatic heterocycles. The first-order valence-corrected chi connectivity index (χ1v) is 5.88. The summed E-state index contributed by atoms with van der Waals surface area (Å²) in [6.45, 7) is 0. The van der Waals surface area contributed by atoms with Gasteiger partial charge in [-0.1, -0.05) is 24.3 Å². The summed E-state index contributed by atoms with van der Waals surface area (Å²) < 4.78 is 0. The molecule has 0 spiro atoms. The molecule has 0 fully saturated rings. The Hall–Kier alpha value is -3.42. The average Bonchev–Trinajstić information content (AvgIpc) is 2.55. The van der Waals surface area contributed by atoms with Gasteiger partial charge in [-0.3, -0.25) is 29.8 Å². The molecule has 112 valence electrons. The highest BCUT2D eigenvalue weighted by Gasteiger charge is 2.10. The number of para-hydroxylation sites is 2. The second kappa shape index (κ2) is 8.00. The molecule has 0 atom stereocenters. The normalized spacial score (nSPS) is 9.09. The van der Waals surface area contributed by atoms with Crippen molar-refractivity contribution in [2.24, 2.45) is 0 Å². The van der Waals surface area contributed by atoms with Gasteiger partial charge in [0.2, 0.25) is 0 Å². The van der Waals surface area contributed by atoms with Crippen LogP contribution in [0.25, 0.3) is 0 Å². The fourth-order valence-electron chi connectivity index (χ4n) is 1.51. The van der Waals surface area contributed by atoms with E-state index >= 15 is 0 Å². The monoisotopic (exact) mass is 302 g/mol. The molecular weight excluding hydrogens is 292 g/mol. The molecule has 2 aromatic carbocycles. The molecule has 2 aromatic rings. The number of hydrogen-bond acceptors (Lipinski definition) is 6. The maximum Gasteiger partial charge on any atom is 0.279 e. The number of benzene rings is 2. The Morgan fingerprint density at radius 1 is 0.682 bits per heavy atom. The van der Waals surface area contributed by atoms with Crippen molar-refractivity contribution in [3.63, 3.8) is 0 Å². The minimum Gasteiger partial charge on any atom is -0.298 e. The van der Waals surface area contributed by atoms with E-state index in [0.717, 1.165) is 0 Å². The fraction of sp³-hybridized carbons (Fsp3) is 0. The third-order valence-electron chi connectivity index (χ3n) is 2.52. The van der Waals surface area contributed by atoms with Crippen LogP contribution in [-0.2, 0) is 0 Å². The van der Waals surface area contributed by atoms with E-state index in [0.29, 0.717) is 12.6 Å². The van der Waals surface area contributed by atoms with E-state index in [-0.39, 0.29) is 22.5 Å². The number of rotatable bonds is 4. The van der Waals surface area contributed by atoms with E-state index in [1.807, 2.05) is 0 Å². The minimum atomic E-state index is -0.580. The van der Waals surface area contributed by atoms with Gasteiger partial charge in [0, 0.05) is 12.1 Å². The Morgan fingerprint density at radius 3 is 1.23 bits per heavy atom. The van der Waals surface area contributed by atoms with Crippen LogP contribution in [0.3, 0.4) is 0 Å². The molecule has 0 amide bonds. The van der Waals surface area contributed by atoms with Crippen LogP contribution >= 0.6 is 0 Å². The highest BCUT2D eigenvalue weighted by molar-refractivity contribution is 5.81. The molecule has 8 nitrogen and oxygen atoms in total. The zero-order chi connectivity index (χ0) is 16.5. The summed E-state index contributed by atoms with van der Waals surface area (Å²) >= 11 is 0. The topological polar surface area (TPSA) is 120 Å². The maximum absolute atomic E-state index is 10.2. The molecule has 0 bridgehead atoms. The van der Waals surface area contributed by atoms with Gasteiger partial charge < -0.3 is 0 Å². The molecule has 0 heterocycles. The molecule has 0 unspecified atom stereocenters. The van der Waals surface area contributed by atoms with Crippen molar-refractivity contribution in [3.8, 4) is 0 Å². The smallest absolute Gasteiger partial charge is 0.279 e. The third kappa shape index (κ3) is 4.30. The minimum absolute atomic E-state index is 0.109. The van der Waals surface area contributed by atoms with E-state index in [1.165, 1.54) is 36.4 Å². The van der Waals surface area contributed by atoms with Gasteiger partial charge >= 0.3 is 0 Å². The molecule has 0 aliphatic rings. The number of carbonyl (C=O) groups is 2. The summed E-state index contributed by atoms with van der Waals surface area (Å²) in [6, 6.07) is 11.6. The van der Waals surface area contributed by atoms with Gasteiger partial charge in [-0.25, -0.2) is 0 Å². The summed E-state index contributed by atoms with van der Waals surface area (Å²) in [5.41, 5.74) is -0.0833.